The third kappa shape index (κ3) is 9.66. The summed E-state index contributed by atoms with van der Waals surface area (Å²) in [4.78, 5) is 0. The number of rotatable bonds is 11. The molecule has 0 aliphatic heterocycles. The monoisotopic (exact) mass is 500 g/mol. The van der Waals surface area contributed by atoms with Crippen LogP contribution in [0.1, 0.15) is 81.0 Å². The molecule has 37 heavy (non-hydrogen) atoms. The summed E-state index contributed by atoms with van der Waals surface area (Å²) in [6.07, 6.45) is 7.89. The predicted molar refractivity (Wildman–Crippen MR) is 146 cm³/mol. The zero-order chi connectivity index (χ0) is 26.3. The maximum absolute atomic E-state index is 14.6. The van der Waals surface area contributed by atoms with E-state index in [-0.39, 0.29) is 11.1 Å². The Kier molecular flexibility index (Phi) is 11.6. The number of unbranched alkanes of at least 4 members (excludes halogenated alkanes) is 5. The standard InChI is InChI=1S/C33H34F2O2/c1-3-5-7-9-23-37-30-19-14-27(15-20-30)16-21-31-32(34)24-28(25-33(31)35)11-10-26-12-17-29(18-13-26)36-22-8-6-4-2/h12-15,17-20,24-25H,3-9,22-23H2,1-2H3. The minimum atomic E-state index is -0.736. The Hall–Kier alpha value is -3.76. The van der Waals surface area contributed by atoms with Crippen LogP contribution in [0.4, 0.5) is 8.78 Å². The summed E-state index contributed by atoms with van der Waals surface area (Å²) in [7, 11) is 0. The van der Waals surface area contributed by atoms with Crippen LogP contribution in [0.3, 0.4) is 0 Å². The van der Waals surface area contributed by atoms with E-state index in [1.165, 1.54) is 25.0 Å². The highest BCUT2D eigenvalue weighted by Gasteiger charge is 2.08. The average Bonchev–Trinajstić information content (AvgIpc) is 2.91. The van der Waals surface area contributed by atoms with Gasteiger partial charge in [-0.1, -0.05) is 69.6 Å². The first kappa shape index (κ1) is 27.8. The molecule has 3 rings (SSSR count). The summed E-state index contributed by atoms with van der Waals surface area (Å²) < 4.78 is 40.6. The summed E-state index contributed by atoms with van der Waals surface area (Å²) in [5.74, 6) is 11.3. The van der Waals surface area contributed by atoms with Crippen molar-refractivity contribution in [3.8, 4) is 35.2 Å². The van der Waals surface area contributed by atoms with E-state index in [4.69, 9.17) is 9.47 Å². The van der Waals surface area contributed by atoms with E-state index in [0.29, 0.717) is 18.8 Å². The molecule has 2 nitrogen and oxygen atoms in total. The van der Waals surface area contributed by atoms with Gasteiger partial charge in [0.05, 0.1) is 18.8 Å². The zero-order valence-electron chi connectivity index (χ0n) is 21.7. The van der Waals surface area contributed by atoms with Gasteiger partial charge in [-0.15, -0.1) is 0 Å². The number of benzene rings is 3. The maximum Gasteiger partial charge on any atom is 0.143 e. The third-order valence-corrected chi connectivity index (χ3v) is 5.72. The Morgan fingerprint density at radius 1 is 0.541 bits per heavy atom. The Balaban J connectivity index is 1.59. The van der Waals surface area contributed by atoms with Gasteiger partial charge in [-0.2, -0.15) is 0 Å². The van der Waals surface area contributed by atoms with Crippen molar-refractivity contribution >= 4 is 0 Å². The van der Waals surface area contributed by atoms with E-state index < -0.39 is 11.6 Å². The Morgan fingerprint density at radius 2 is 0.973 bits per heavy atom. The van der Waals surface area contributed by atoms with Gasteiger partial charge in [0.2, 0.25) is 0 Å². The van der Waals surface area contributed by atoms with E-state index in [0.717, 1.165) is 49.2 Å². The maximum atomic E-state index is 14.6. The second kappa shape index (κ2) is 15.4. The molecule has 3 aromatic carbocycles. The fourth-order valence-electron chi connectivity index (χ4n) is 3.57. The summed E-state index contributed by atoms with van der Waals surface area (Å²) in [6, 6.07) is 17.0. The molecule has 0 N–H and O–H groups in total. The van der Waals surface area contributed by atoms with E-state index in [1.54, 1.807) is 12.1 Å². The number of ether oxygens (including phenoxy) is 2. The molecule has 0 aliphatic carbocycles. The minimum Gasteiger partial charge on any atom is -0.494 e. The first-order valence-electron chi connectivity index (χ1n) is 13.1. The van der Waals surface area contributed by atoms with Crippen LogP contribution >= 0.6 is 0 Å². The molecule has 0 saturated heterocycles. The van der Waals surface area contributed by atoms with Crippen LogP contribution in [-0.4, -0.2) is 13.2 Å². The van der Waals surface area contributed by atoms with Gasteiger partial charge in [0.15, 0.2) is 0 Å². The average molecular weight is 501 g/mol. The van der Waals surface area contributed by atoms with Gasteiger partial charge in [-0.05, 0) is 73.5 Å². The van der Waals surface area contributed by atoms with E-state index in [1.807, 2.05) is 36.4 Å². The van der Waals surface area contributed by atoms with Crippen molar-refractivity contribution in [2.75, 3.05) is 13.2 Å². The van der Waals surface area contributed by atoms with E-state index in [9.17, 15) is 8.78 Å². The molecule has 0 bridgehead atoms. The predicted octanol–water partition coefficient (Wildman–Crippen LogP) is 8.29. The van der Waals surface area contributed by atoms with Crippen molar-refractivity contribution in [2.24, 2.45) is 0 Å². The van der Waals surface area contributed by atoms with Crippen molar-refractivity contribution in [1.82, 2.24) is 0 Å². The fraction of sp³-hybridized carbons (Fsp3) is 0.333. The van der Waals surface area contributed by atoms with E-state index in [2.05, 4.69) is 37.5 Å². The highest BCUT2D eigenvalue weighted by molar-refractivity contribution is 5.50. The third-order valence-electron chi connectivity index (χ3n) is 5.72. The van der Waals surface area contributed by atoms with Gasteiger partial charge in [-0.25, -0.2) is 8.78 Å². The normalized spacial score (nSPS) is 10.2. The van der Waals surface area contributed by atoms with Crippen molar-refractivity contribution in [2.45, 2.75) is 58.8 Å². The van der Waals surface area contributed by atoms with Crippen LogP contribution in [0.2, 0.25) is 0 Å². The summed E-state index contributed by atoms with van der Waals surface area (Å²) in [5, 5.41) is 0. The summed E-state index contributed by atoms with van der Waals surface area (Å²) in [5.41, 5.74) is 1.37. The number of hydrogen-bond donors (Lipinski definition) is 0. The Bertz CT molecular complexity index is 1220. The van der Waals surface area contributed by atoms with Gasteiger partial charge in [0.1, 0.15) is 23.1 Å². The molecule has 0 fully saturated rings. The lowest BCUT2D eigenvalue weighted by Crippen LogP contribution is -1.97. The van der Waals surface area contributed by atoms with Crippen LogP contribution in [0, 0.1) is 35.3 Å². The molecular formula is C33H34F2O2. The van der Waals surface area contributed by atoms with Crippen molar-refractivity contribution < 1.29 is 18.3 Å². The molecule has 0 radical (unpaired) electrons. The largest absolute Gasteiger partial charge is 0.494 e. The zero-order valence-corrected chi connectivity index (χ0v) is 21.7. The van der Waals surface area contributed by atoms with Crippen LogP contribution in [0.25, 0.3) is 0 Å². The van der Waals surface area contributed by atoms with Crippen LogP contribution < -0.4 is 9.47 Å². The quantitative estimate of drug-likeness (QED) is 0.195. The summed E-state index contributed by atoms with van der Waals surface area (Å²) >= 11 is 0. The van der Waals surface area contributed by atoms with Crippen LogP contribution in [-0.2, 0) is 0 Å². The Morgan fingerprint density at radius 3 is 1.49 bits per heavy atom. The van der Waals surface area contributed by atoms with Gasteiger partial charge < -0.3 is 9.47 Å². The van der Waals surface area contributed by atoms with Gasteiger partial charge in [-0.3, -0.25) is 0 Å². The first-order chi connectivity index (χ1) is 18.1. The van der Waals surface area contributed by atoms with Crippen molar-refractivity contribution in [3.63, 3.8) is 0 Å². The molecule has 0 unspecified atom stereocenters. The van der Waals surface area contributed by atoms with Gasteiger partial charge >= 0.3 is 0 Å². The highest BCUT2D eigenvalue weighted by atomic mass is 19.1. The molecule has 0 heterocycles. The van der Waals surface area contributed by atoms with E-state index >= 15 is 0 Å². The second-order valence-electron chi connectivity index (χ2n) is 8.83. The van der Waals surface area contributed by atoms with Gasteiger partial charge in [0.25, 0.3) is 0 Å². The smallest absolute Gasteiger partial charge is 0.143 e. The molecule has 0 aliphatic rings. The molecule has 4 heteroatoms. The molecule has 192 valence electrons. The Labute approximate surface area is 220 Å². The lowest BCUT2D eigenvalue weighted by Gasteiger charge is -2.05. The molecule has 0 saturated carbocycles. The SMILES string of the molecule is CCCCCCOc1ccc(C#Cc2c(F)cc(C#Cc3ccc(OCCCCC)cc3)cc2F)cc1. The lowest BCUT2D eigenvalue weighted by atomic mass is 10.1. The molecule has 3 aromatic rings. The number of hydrogen-bond acceptors (Lipinski definition) is 2. The molecule has 0 amide bonds. The first-order valence-corrected chi connectivity index (χ1v) is 13.1. The molecule has 0 atom stereocenters. The molecule has 0 aromatic heterocycles. The van der Waals surface area contributed by atoms with Crippen molar-refractivity contribution in [1.29, 1.82) is 0 Å². The minimum absolute atomic E-state index is 0.251. The van der Waals surface area contributed by atoms with Crippen LogP contribution in [0.15, 0.2) is 60.7 Å². The van der Waals surface area contributed by atoms with Crippen LogP contribution in [0.5, 0.6) is 11.5 Å². The molecular weight excluding hydrogens is 466 g/mol. The second-order valence-corrected chi connectivity index (χ2v) is 8.83. The highest BCUT2D eigenvalue weighted by Crippen LogP contribution is 2.17. The lowest BCUT2D eigenvalue weighted by molar-refractivity contribution is 0.305. The number of halogens is 2. The topological polar surface area (TPSA) is 18.5 Å². The van der Waals surface area contributed by atoms with Crippen molar-refractivity contribution in [3.05, 3.63) is 94.6 Å². The fourth-order valence-corrected chi connectivity index (χ4v) is 3.57. The summed E-state index contributed by atoms with van der Waals surface area (Å²) in [6.45, 7) is 5.69. The molecule has 0 spiro atoms. The van der Waals surface area contributed by atoms with Gasteiger partial charge in [0, 0.05) is 16.7 Å².